The van der Waals surface area contributed by atoms with Gasteiger partial charge < -0.3 is 19.7 Å². The van der Waals surface area contributed by atoms with Gasteiger partial charge in [-0.05, 0) is 64.7 Å². The Labute approximate surface area is 191 Å². The molecule has 1 atom stereocenters. The van der Waals surface area contributed by atoms with Crippen LogP contribution < -0.4 is 9.47 Å². The second kappa shape index (κ2) is 11.4. The first-order chi connectivity index (χ1) is 15.2. The summed E-state index contributed by atoms with van der Waals surface area (Å²) < 4.78 is 11.2. The van der Waals surface area contributed by atoms with Crippen LogP contribution in [0.1, 0.15) is 63.1 Å². The van der Waals surface area contributed by atoms with Crippen molar-refractivity contribution < 1.29 is 24.5 Å². The number of carbonyl (C=O) groups is 1. The first kappa shape index (κ1) is 25.1. The molecule has 32 heavy (non-hydrogen) atoms. The molecule has 0 aliphatic heterocycles. The normalized spacial score (nSPS) is 12.2. The van der Waals surface area contributed by atoms with Crippen LogP contribution in [0, 0.1) is 0 Å². The Morgan fingerprint density at radius 1 is 0.969 bits per heavy atom. The van der Waals surface area contributed by atoms with Crippen LogP contribution in [-0.4, -0.2) is 30.2 Å². The Morgan fingerprint density at radius 3 is 2.22 bits per heavy atom. The van der Waals surface area contributed by atoms with Crippen LogP contribution in [0.15, 0.2) is 53.6 Å². The average molecular weight is 439 g/mol. The molecule has 1 unspecified atom stereocenters. The van der Waals surface area contributed by atoms with E-state index in [9.17, 15) is 15.0 Å². The van der Waals surface area contributed by atoms with Gasteiger partial charge in [0, 0.05) is 17.2 Å². The maximum atomic E-state index is 12.8. The molecule has 0 bridgehead atoms. The van der Waals surface area contributed by atoms with Gasteiger partial charge in [0.1, 0.15) is 17.3 Å². The summed E-state index contributed by atoms with van der Waals surface area (Å²) in [6.45, 7) is 7.78. The van der Waals surface area contributed by atoms with Crippen LogP contribution in [0.2, 0.25) is 0 Å². The van der Waals surface area contributed by atoms with Gasteiger partial charge in [0.25, 0.3) is 0 Å². The lowest BCUT2D eigenvalue weighted by Gasteiger charge is -2.22. The van der Waals surface area contributed by atoms with Crippen LogP contribution in [0.3, 0.4) is 0 Å². The van der Waals surface area contributed by atoms with Crippen molar-refractivity contribution in [2.45, 2.75) is 52.9 Å². The van der Waals surface area contributed by atoms with E-state index in [1.165, 1.54) is 30.2 Å². The van der Waals surface area contributed by atoms with Crippen molar-refractivity contribution in [1.29, 1.82) is 0 Å². The quantitative estimate of drug-likeness (QED) is 0.440. The fraction of sp³-hybridized carbons (Fsp3) is 0.370. The van der Waals surface area contributed by atoms with Crippen molar-refractivity contribution in [3.05, 3.63) is 70.3 Å². The molecule has 172 valence electrons. The zero-order chi connectivity index (χ0) is 23.8. The summed E-state index contributed by atoms with van der Waals surface area (Å²) in [6, 6.07) is 7.92. The van der Waals surface area contributed by atoms with Crippen molar-refractivity contribution in [1.82, 2.24) is 0 Å². The molecule has 2 aromatic rings. The molecule has 2 aromatic carbocycles. The van der Waals surface area contributed by atoms with Crippen molar-refractivity contribution in [3.8, 4) is 23.0 Å². The number of ketones is 1. The van der Waals surface area contributed by atoms with E-state index in [1.807, 2.05) is 6.07 Å². The van der Waals surface area contributed by atoms with Gasteiger partial charge in [-0.15, -0.1) is 0 Å². The van der Waals surface area contributed by atoms with Crippen LogP contribution in [0.25, 0.3) is 0 Å². The van der Waals surface area contributed by atoms with E-state index in [0.29, 0.717) is 23.5 Å². The van der Waals surface area contributed by atoms with Crippen LogP contribution in [0.4, 0.5) is 0 Å². The molecular formula is C27H34O5. The summed E-state index contributed by atoms with van der Waals surface area (Å²) in [4.78, 5) is 12.8. The number of benzene rings is 2. The summed E-state index contributed by atoms with van der Waals surface area (Å²) in [5, 5.41) is 20.2. The molecule has 0 saturated heterocycles. The molecule has 0 saturated carbocycles. The topological polar surface area (TPSA) is 76.0 Å². The monoisotopic (exact) mass is 438 g/mol. The summed E-state index contributed by atoms with van der Waals surface area (Å²) in [7, 11) is 3.16. The predicted octanol–water partition coefficient (Wildman–Crippen LogP) is 6.07. The Kier molecular flexibility index (Phi) is 8.94. The molecule has 0 spiro atoms. The molecule has 0 fully saturated rings. The molecule has 5 nitrogen and oxygen atoms in total. The lowest BCUT2D eigenvalue weighted by molar-refractivity contribution is -0.117. The van der Waals surface area contributed by atoms with Gasteiger partial charge in [-0.1, -0.05) is 35.4 Å². The number of Topliss-reactive ketones (excluding diaryl/α,β-unsaturated/α-hetero) is 1. The standard InChI is InChI=1S/C27H34O5/c1-17(2)8-7-9-18(3)10-12-22-21(14-15-25(31-5)27(22)32-6)26(19(4)28)23-13-11-20(29)16-24(23)30/h8,10-11,13-16,26,29-30H,7,9,12H2,1-6H3. The second-order valence-electron chi connectivity index (χ2n) is 8.23. The lowest BCUT2D eigenvalue weighted by atomic mass is 9.83. The van der Waals surface area contributed by atoms with Gasteiger partial charge in [-0.3, -0.25) is 4.79 Å². The van der Waals surface area contributed by atoms with Gasteiger partial charge >= 0.3 is 0 Å². The highest BCUT2D eigenvalue weighted by Gasteiger charge is 2.27. The van der Waals surface area contributed by atoms with E-state index < -0.39 is 5.92 Å². The maximum absolute atomic E-state index is 12.8. The summed E-state index contributed by atoms with van der Waals surface area (Å²) in [5.74, 6) is 0.144. The summed E-state index contributed by atoms with van der Waals surface area (Å²) >= 11 is 0. The molecule has 0 heterocycles. The minimum absolute atomic E-state index is 0.0592. The fourth-order valence-corrected chi connectivity index (χ4v) is 3.84. The number of methoxy groups -OCH3 is 2. The van der Waals surface area contributed by atoms with E-state index in [1.54, 1.807) is 26.4 Å². The van der Waals surface area contributed by atoms with Gasteiger partial charge in [0.2, 0.25) is 0 Å². The van der Waals surface area contributed by atoms with E-state index in [0.717, 1.165) is 24.0 Å². The van der Waals surface area contributed by atoms with E-state index in [-0.39, 0.29) is 17.3 Å². The number of phenolic OH excluding ortho intramolecular Hbond substituents is 2. The maximum Gasteiger partial charge on any atom is 0.164 e. The number of hydrogen-bond acceptors (Lipinski definition) is 5. The fourth-order valence-electron chi connectivity index (χ4n) is 3.84. The Balaban J connectivity index is 2.58. The number of ether oxygens (including phenoxy) is 2. The molecular weight excluding hydrogens is 404 g/mol. The van der Waals surface area contributed by atoms with Crippen molar-refractivity contribution >= 4 is 5.78 Å². The molecule has 5 heteroatoms. The van der Waals surface area contributed by atoms with Gasteiger partial charge in [-0.25, -0.2) is 0 Å². The van der Waals surface area contributed by atoms with Gasteiger partial charge in [0.05, 0.1) is 20.1 Å². The molecule has 0 radical (unpaired) electrons. The SMILES string of the molecule is COc1ccc(C(C(C)=O)c2ccc(O)cc2O)c(CC=C(C)CCC=C(C)C)c1OC. The number of rotatable bonds is 10. The highest BCUT2D eigenvalue weighted by atomic mass is 16.5. The zero-order valence-electron chi connectivity index (χ0n) is 19.9. The molecule has 0 aliphatic carbocycles. The lowest BCUT2D eigenvalue weighted by Crippen LogP contribution is -2.14. The summed E-state index contributed by atoms with van der Waals surface area (Å²) in [5.41, 5.74) is 4.55. The Hall–Kier alpha value is -3.21. The largest absolute Gasteiger partial charge is 0.508 e. The van der Waals surface area contributed by atoms with Crippen molar-refractivity contribution in [3.63, 3.8) is 0 Å². The average Bonchev–Trinajstić information content (AvgIpc) is 2.73. The predicted molar refractivity (Wildman–Crippen MR) is 128 cm³/mol. The first-order valence-corrected chi connectivity index (χ1v) is 10.7. The smallest absolute Gasteiger partial charge is 0.164 e. The third-order valence-electron chi connectivity index (χ3n) is 5.47. The molecule has 2 N–H and O–H groups in total. The number of aromatic hydroxyl groups is 2. The van der Waals surface area contributed by atoms with Gasteiger partial charge in [-0.2, -0.15) is 0 Å². The van der Waals surface area contributed by atoms with E-state index in [2.05, 4.69) is 32.9 Å². The Morgan fingerprint density at radius 2 is 1.66 bits per heavy atom. The number of phenols is 2. The van der Waals surface area contributed by atoms with Crippen molar-refractivity contribution in [2.24, 2.45) is 0 Å². The first-order valence-electron chi connectivity index (χ1n) is 10.7. The van der Waals surface area contributed by atoms with Crippen molar-refractivity contribution in [2.75, 3.05) is 14.2 Å². The number of hydrogen-bond donors (Lipinski definition) is 2. The molecule has 2 rings (SSSR count). The highest BCUT2D eigenvalue weighted by Crippen LogP contribution is 2.42. The third kappa shape index (κ3) is 6.16. The minimum Gasteiger partial charge on any atom is -0.508 e. The third-order valence-corrected chi connectivity index (χ3v) is 5.47. The zero-order valence-corrected chi connectivity index (χ0v) is 19.9. The second-order valence-corrected chi connectivity index (χ2v) is 8.23. The van der Waals surface area contributed by atoms with Gasteiger partial charge in [0.15, 0.2) is 11.5 Å². The Bertz CT molecular complexity index is 1010. The van der Waals surface area contributed by atoms with E-state index >= 15 is 0 Å². The molecule has 0 aromatic heterocycles. The number of allylic oxidation sites excluding steroid dienone is 4. The molecule has 0 amide bonds. The minimum atomic E-state index is -0.704. The van der Waals surface area contributed by atoms with Crippen LogP contribution in [-0.2, 0) is 11.2 Å². The summed E-state index contributed by atoms with van der Waals surface area (Å²) in [6.07, 6.45) is 6.84. The molecule has 0 aliphatic rings. The number of carbonyl (C=O) groups excluding carboxylic acids is 1. The van der Waals surface area contributed by atoms with Crippen LogP contribution in [0.5, 0.6) is 23.0 Å². The highest BCUT2D eigenvalue weighted by molar-refractivity contribution is 5.88. The van der Waals surface area contributed by atoms with E-state index in [4.69, 9.17) is 9.47 Å². The van der Waals surface area contributed by atoms with Crippen LogP contribution >= 0.6 is 0 Å².